The Balaban J connectivity index is 2.08. The Morgan fingerprint density at radius 3 is 2.50 bits per heavy atom. The van der Waals surface area contributed by atoms with E-state index in [2.05, 4.69) is 10.2 Å². The topological polar surface area (TPSA) is 97.3 Å². The molecule has 2 rings (SSSR count). The molecule has 1 aromatic carbocycles. The summed E-state index contributed by atoms with van der Waals surface area (Å²) >= 11 is 0. The number of benzene rings is 1. The van der Waals surface area contributed by atoms with E-state index in [1.807, 2.05) is 0 Å². The summed E-state index contributed by atoms with van der Waals surface area (Å²) in [4.78, 5) is 26.2. The second kappa shape index (κ2) is 11.1. The molecule has 0 aromatic heterocycles. The molecule has 0 spiro atoms. The molecular weight excluding hydrogens is 388 g/mol. The zero-order valence-electron chi connectivity index (χ0n) is 18.4. The molecule has 168 valence electrons. The Kier molecular flexibility index (Phi) is 8.77. The van der Waals surface area contributed by atoms with Crippen LogP contribution in [0.3, 0.4) is 0 Å². The molecule has 0 saturated carbocycles. The van der Waals surface area contributed by atoms with Crippen molar-refractivity contribution in [1.82, 2.24) is 10.2 Å². The van der Waals surface area contributed by atoms with Crippen LogP contribution in [0, 0.1) is 0 Å². The van der Waals surface area contributed by atoms with Crippen LogP contribution in [-0.4, -0.2) is 67.1 Å². The summed E-state index contributed by atoms with van der Waals surface area (Å²) in [6, 6.07) is 4.18. The molecule has 1 saturated heterocycles. The molecule has 1 heterocycles. The Morgan fingerprint density at radius 1 is 1.20 bits per heavy atom. The molecule has 1 aromatic rings. The highest BCUT2D eigenvalue weighted by Crippen LogP contribution is 2.32. The number of methoxy groups -OCH3 is 1. The summed E-state index contributed by atoms with van der Waals surface area (Å²) in [6.07, 6.45) is 2.96. The predicted molar refractivity (Wildman–Crippen MR) is 113 cm³/mol. The Bertz CT molecular complexity index is 710. The zero-order valence-corrected chi connectivity index (χ0v) is 18.4. The Hall–Kier alpha value is -2.48. The van der Waals surface area contributed by atoms with Gasteiger partial charge < -0.3 is 24.6 Å². The lowest BCUT2D eigenvalue weighted by molar-refractivity contribution is -0.139. The number of carboxylic acids is 1. The van der Waals surface area contributed by atoms with E-state index in [1.54, 1.807) is 46.1 Å². The number of amides is 1. The molecule has 1 atom stereocenters. The second-order valence-corrected chi connectivity index (χ2v) is 8.44. The normalized spacial score (nSPS) is 15.9. The summed E-state index contributed by atoms with van der Waals surface area (Å²) in [5, 5.41) is 12.0. The quantitative estimate of drug-likeness (QED) is 0.631. The molecule has 0 aliphatic carbocycles. The molecule has 0 bridgehead atoms. The number of nitrogens with one attached hydrogen (secondary N) is 1. The number of hydrogen-bond acceptors (Lipinski definition) is 6. The van der Waals surface area contributed by atoms with Crippen molar-refractivity contribution in [3.8, 4) is 11.5 Å². The number of hydrogen-bond donors (Lipinski definition) is 2. The Labute approximate surface area is 178 Å². The maximum atomic E-state index is 12.1. The Morgan fingerprint density at radius 2 is 1.90 bits per heavy atom. The summed E-state index contributed by atoms with van der Waals surface area (Å²) in [5.41, 5.74) is -0.0669. The van der Waals surface area contributed by atoms with Crippen LogP contribution < -0.4 is 14.8 Å². The predicted octanol–water partition coefficient (Wildman–Crippen LogP) is 3.08. The average Bonchev–Trinajstić information content (AvgIpc) is 2.67. The minimum Gasteiger partial charge on any atom is -0.493 e. The summed E-state index contributed by atoms with van der Waals surface area (Å²) < 4.78 is 16.6. The molecule has 1 aliphatic heterocycles. The maximum absolute atomic E-state index is 12.1. The van der Waals surface area contributed by atoms with E-state index in [9.17, 15) is 14.7 Å². The third-order valence-electron chi connectivity index (χ3n) is 4.80. The first-order valence-electron chi connectivity index (χ1n) is 10.4. The van der Waals surface area contributed by atoms with Gasteiger partial charge in [0.1, 0.15) is 18.2 Å². The molecule has 0 radical (unpaired) electrons. The van der Waals surface area contributed by atoms with Crippen molar-refractivity contribution in [3.63, 3.8) is 0 Å². The van der Waals surface area contributed by atoms with Crippen molar-refractivity contribution in [2.45, 2.75) is 58.1 Å². The van der Waals surface area contributed by atoms with Gasteiger partial charge in [-0.2, -0.15) is 0 Å². The third-order valence-corrected chi connectivity index (χ3v) is 4.80. The van der Waals surface area contributed by atoms with Crippen molar-refractivity contribution < 1.29 is 28.9 Å². The number of carbonyl (C=O) groups excluding carboxylic acids is 1. The van der Waals surface area contributed by atoms with Crippen molar-refractivity contribution in [2.24, 2.45) is 0 Å². The first kappa shape index (κ1) is 23.8. The van der Waals surface area contributed by atoms with E-state index in [0.29, 0.717) is 23.7 Å². The second-order valence-electron chi connectivity index (χ2n) is 8.44. The van der Waals surface area contributed by atoms with Crippen molar-refractivity contribution in [3.05, 3.63) is 23.8 Å². The number of alkyl carbamates (subject to hydrolysis) is 1. The van der Waals surface area contributed by atoms with Gasteiger partial charge in [0, 0.05) is 18.5 Å². The highest BCUT2D eigenvalue weighted by molar-refractivity contribution is 5.80. The van der Waals surface area contributed by atoms with Crippen molar-refractivity contribution in [1.29, 1.82) is 0 Å². The highest BCUT2D eigenvalue weighted by atomic mass is 16.6. The van der Waals surface area contributed by atoms with Crippen LogP contribution in [-0.2, 0) is 16.0 Å². The molecular formula is C22H34N2O6. The van der Waals surface area contributed by atoms with Crippen molar-refractivity contribution in [2.75, 3.05) is 33.4 Å². The molecule has 1 fully saturated rings. The van der Waals surface area contributed by atoms with Crippen LogP contribution in [0.5, 0.6) is 11.5 Å². The largest absolute Gasteiger partial charge is 0.493 e. The fraction of sp³-hybridized carbons (Fsp3) is 0.636. The molecule has 1 unspecified atom stereocenters. The SMILES string of the molecule is COc1cccc(CC(NC(=O)OC(C)(C)C)C(=O)O)c1OCCN1CCCCC1. The summed E-state index contributed by atoms with van der Waals surface area (Å²) in [5.74, 6) is -0.107. The number of likely N-dealkylation sites (tertiary alicyclic amines) is 1. The van der Waals surface area contributed by atoms with Crippen LogP contribution in [0.25, 0.3) is 0 Å². The number of carboxylic acid groups (broad SMARTS) is 1. The first-order chi connectivity index (χ1) is 14.2. The third kappa shape index (κ3) is 7.74. The number of nitrogens with zero attached hydrogens (tertiary/aromatic N) is 1. The maximum Gasteiger partial charge on any atom is 0.408 e. The van der Waals surface area contributed by atoms with E-state index in [4.69, 9.17) is 14.2 Å². The standard InChI is InChI=1S/C22H34N2O6/c1-22(2,3)30-21(27)23-17(20(25)26)15-16-9-8-10-18(28-4)19(16)29-14-13-24-11-6-5-7-12-24/h8-10,17H,5-7,11-15H2,1-4H3,(H,23,27)(H,25,26). The van der Waals surface area contributed by atoms with Gasteiger partial charge in [-0.3, -0.25) is 4.90 Å². The van der Waals surface area contributed by atoms with E-state index >= 15 is 0 Å². The lowest BCUT2D eigenvalue weighted by Gasteiger charge is -2.26. The number of carbonyl (C=O) groups is 2. The molecule has 8 nitrogen and oxygen atoms in total. The van der Waals surface area contributed by atoms with Crippen molar-refractivity contribution >= 4 is 12.1 Å². The van der Waals surface area contributed by atoms with Gasteiger partial charge in [-0.25, -0.2) is 9.59 Å². The van der Waals surface area contributed by atoms with Gasteiger partial charge >= 0.3 is 12.1 Å². The lowest BCUT2D eigenvalue weighted by atomic mass is 10.0. The van der Waals surface area contributed by atoms with Gasteiger partial charge in [-0.1, -0.05) is 18.6 Å². The lowest BCUT2D eigenvalue weighted by Crippen LogP contribution is -2.44. The zero-order chi connectivity index (χ0) is 22.1. The van der Waals surface area contributed by atoms with E-state index in [-0.39, 0.29) is 6.42 Å². The van der Waals surface area contributed by atoms with Crippen LogP contribution >= 0.6 is 0 Å². The number of ether oxygens (including phenoxy) is 3. The van der Waals surface area contributed by atoms with Crippen LogP contribution in [0.4, 0.5) is 4.79 Å². The van der Waals surface area contributed by atoms with Crippen LogP contribution in [0.1, 0.15) is 45.6 Å². The fourth-order valence-corrected chi connectivity index (χ4v) is 3.38. The van der Waals surface area contributed by atoms with Gasteiger partial charge in [0.15, 0.2) is 11.5 Å². The monoisotopic (exact) mass is 422 g/mol. The average molecular weight is 423 g/mol. The van der Waals surface area contributed by atoms with E-state index in [1.165, 1.54) is 19.3 Å². The minimum absolute atomic E-state index is 0.0465. The molecule has 1 amide bonds. The van der Waals surface area contributed by atoms with Gasteiger partial charge in [0.25, 0.3) is 0 Å². The van der Waals surface area contributed by atoms with Crippen LogP contribution in [0.2, 0.25) is 0 Å². The van der Waals surface area contributed by atoms with E-state index in [0.717, 1.165) is 19.6 Å². The van der Waals surface area contributed by atoms with Crippen LogP contribution in [0.15, 0.2) is 18.2 Å². The van der Waals surface area contributed by atoms with Gasteiger partial charge in [-0.15, -0.1) is 0 Å². The number of piperidine rings is 1. The molecule has 2 N–H and O–H groups in total. The van der Waals surface area contributed by atoms with Gasteiger partial charge in [-0.05, 0) is 52.8 Å². The molecule has 8 heteroatoms. The van der Waals surface area contributed by atoms with E-state index < -0.39 is 23.7 Å². The number of rotatable bonds is 9. The summed E-state index contributed by atoms with van der Waals surface area (Å²) in [6.45, 7) is 8.59. The van der Waals surface area contributed by atoms with Gasteiger partial charge in [0.2, 0.25) is 0 Å². The highest BCUT2D eigenvalue weighted by Gasteiger charge is 2.26. The molecule has 30 heavy (non-hydrogen) atoms. The number of para-hydroxylation sites is 1. The number of aliphatic carboxylic acids is 1. The summed E-state index contributed by atoms with van der Waals surface area (Å²) in [7, 11) is 1.55. The fourth-order valence-electron chi connectivity index (χ4n) is 3.38. The smallest absolute Gasteiger partial charge is 0.408 e. The minimum atomic E-state index is -1.16. The molecule has 1 aliphatic rings. The van der Waals surface area contributed by atoms with Gasteiger partial charge in [0.05, 0.1) is 7.11 Å². The first-order valence-corrected chi connectivity index (χ1v) is 10.4.